The van der Waals surface area contributed by atoms with Crippen LogP contribution >= 0.6 is 15.9 Å². The Kier molecular flexibility index (Phi) is 6.67. The number of benzene rings is 1. The van der Waals surface area contributed by atoms with Crippen LogP contribution in [0.25, 0.3) is 0 Å². The maximum atomic E-state index is 11.9. The van der Waals surface area contributed by atoms with Crippen LogP contribution < -0.4 is 10.6 Å². The molecule has 1 amide bonds. The van der Waals surface area contributed by atoms with E-state index in [9.17, 15) is 9.59 Å². The van der Waals surface area contributed by atoms with Gasteiger partial charge in [0, 0.05) is 10.2 Å². The van der Waals surface area contributed by atoms with Gasteiger partial charge in [-0.15, -0.1) is 0 Å². The zero-order valence-corrected chi connectivity index (χ0v) is 13.4. The molecule has 20 heavy (non-hydrogen) atoms. The van der Waals surface area contributed by atoms with Gasteiger partial charge in [0.1, 0.15) is 6.04 Å². The van der Waals surface area contributed by atoms with Crippen molar-refractivity contribution in [2.45, 2.75) is 26.3 Å². The highest BCUT2D eigenvalue weighted by Gasteiger charge is 2.17. The van der Waals surface area contributed by atoms with E-state index >= 15 is 0 Å². The third-order valence-electron chi connectivity index (χ3n) is 2.88. The lowest BCUT2D eigenvalue weighted by atomic mass is 10.2. The summed E-state index contributed by atoms with van der Waals surface area (Å²) in [6.07, 6.45) is 0.565. The van der Waals surface area contributed by atoms with E-state index in [0.717, 1.165) is 15.7 Å². The van der Waals surface area contributed by atoms with Crippen molar-refractivity contribution in [3.63, 3.8) is 0 Å². The van der Waals surface area contributed by atoms with E-state index in [2.05, 4.69) is 31.3 Å². The molecule has 0 heterocycles. The third kappa shape index (κ3) is 4.94. The molecule has 2 N–H and O–H groups in total. The minimum absolute atomic E-state index is 0.0551. The van der Waals surface area contributed by atoms with Crippen LogP contribution in [-0.2, 0) is 14.3 Å². The van der Waals surface area contributed by atoms with E-state index in [1.807, 2.05) is 32.0 Å². The summed E-state index contributed by atoms with van der Waals surface area (Å²) >= 11 is 3.36. The second-order valence-electron chi connectivity index (χ2n) is 4.37. The molecule has 0 bridgehead atoms. The van der Waals surface area contributed by atoms with E-state index in [0.29, 0.717) is 6.42 Å². The van der Waals surface area contributed by atoms with Crippen LogP contribution in [0, 0.1) is 6.92 Å². The number of anilines is 1. The normalized spacial score (nSPS) is 11.8. The number of carbonyl (C=O) groups is 2. The molecule has 0 spiro atoms. The zero-order valence-electron chi connectivity index (χ0n) is 11.8. The molecule has 0 aromatic heterocycles. The van der Waals surface area contributed by atoms with Crippen molar-refractivity contribution in [3.05, 3.63) is 28.2 Å². The lowest BCUT2D eigenvalue weighted by Crippen LogP contribution is -2.41. The highest BCUT2D eigenvalue weighted by Crippen LogP contribution is 2.20. The number of rotatable bonds is 6. The number of carbonyl (C=O) groups excluding carboxylic acids is 2. The summed E-state index contributed by atoms with van der Waals surface area (Å²) in [6, 6.07) is 5.20. The van der Waals surface area contributed by atoms with E-state index in [1.165, 1.54) is 7.11 Å². The Balaban J connectivity index is 2.55. The second-order valence-corrected chi connectivity index (χ2v) is 5.29. The molecule has 0 radical (unpaired) electrons. The largest absolute Gasteiger partial charge is 0.468 e. The van der Waals surface area contributed by atoms with Crippen LogP contribution in [0.3, 0.4) is 0 Å². The molecule has 0 saturated carbocycles. The number of halogens is 1. The van der Waals surface area contributed by atoms with Crippen molar-refractivity contribution < 1.29 is 14.3 Å². The minimum Gasteiger partial charge on any atom is -0.468 e. The number of hydrogen-bond acceptors (Lipinski definition) is 4. The standard InChI is InChI=1S/C14H19BrN2O3/c1-4-11(14(19)20-3)16-8-13(18)17-12-7-10(15)6-5-9(12)2/h5-7,11,16H,4,8H2,1-3H3,(H,17,18)/t11-/m1/s1. The molecule has 0 saturated heterocycles. The van der Waals surface area contributed by atoms with Gasteiger partial charge in [0.05, 0.1) is 13.7 Å². The summed E-state index contributed by atoms with van der Waals surface area (Å²) in [6.45, 7) is 3.82. The number of hydrogen-bond donors (Lipinski definition) is 2. The van der Waals surface area contributed by atoms with E-state index in [4.69, 9.17) is 0 Å². The van der Waals surface area contributed by atoms with Crippen LogP contribution in [0.2, 0.25) is 0 Å². The van der Waals surface area contributed by atoms with Crippen molar-refractivity contribution in [1.29, 1.82) is 0 Å². The van der Waals surface area contributed by atoms with Gasteiger partial charge in [-0.25, -0.2) is 0 Å². The fraction of sp³-hybridized carbons (Fsp3) is 0.429. The fourth-order valence-corrected chi connectivity index (χ4v) is 2.04. The number of nitrogens with one attached hydrogen (secondary N) is 2. The zero-order chi connectivity index (χ0) is 15.1. The van der Waals surface area contributed by atoms with E-state index < -0.39 is 6.04 Å². The van der Waals surface area contributed by atoms with Crippen LogP contribution in [-0.4, -0.2) is 31.6 Å². The summed E-state index contributed by atoms with van der Waals surface area (Å²) in [5, 5.41) is 5.68. The highest BCUT2D eigenvalue weighted by atomic mass is 79.9. The molecular formula is C14H19BrN2O3. The van der Waals surface area contributed by atoms with Gasteiger partial charge in [-0.1, -0.05) is 28.9 Å². The monoisotopic (exact) mass is 342 g/mol. The van der Waals surface area contributed by atoms with Gasteiger partial charge in [-0.3, -0.25) is 14.9 Å². The molecule has 0 aliphatic heterocycles. The Bertz CT molecular complexity index is 491. The molecular weight excluding hydrogens is 324 g/mol. The predicted octanol–water partition coefficient (Wildman–Crippen LogP) is 2.24. The quantitative estimate of drug-likeness (QED) is 0.778. The van der Waals surface area contributed by atoms with Crippen molar-refractivity contribution in [2.75, 3.05) is 19.0 Å². The SMILES string of the molecule is CC[C@@H](NCC(=O)Nc1cc(Br)ccc1C)C(=O)OC. The summed E-state index contributed by atoms with van der Waals surface area (Å²) in [5.41, 5.74) is 1.72. The summed E-state index contributed by atoms with van der Waals surface area (Å²) < 4.78 is 5.55. The summed E-state index contributed by atoms with van der Waals surface area (Å²) in [5.74, 6) is -0.563. The maximum Gasteiger partial charge on any atom is 0.322 e. The van der Waals surface area contributed by atoms with Gasteiger partial charge in [0.15, 0.2) is 0 Å². The molecule has 1 aromatic rings. The number of aryl methyl sites for hydroxylation is 1. The first-order valence-corrected chi connectivity index (χ1v) is 7.14. The Hall–Kier alpha value is -1.40. The molecule has 1 aromatic carbocycles. The Morgan fingerprint density at radius 2 is 2.10 bits per heavy atom. The first-order valence-electron chi connectivity index (χ1n) is 6.35. The molecule has 6 heteroatoms. The van der Waals surface area contributed by atoms with Crippen molar-refractivity contribution in [3.8, 4) is 0 Å². The Morgan fingerprint density at radius 1 is 1.40 bits per heavy atom. The van der Waals surface area contributed by atoms with Crippen molar-refractivity contribution in [1.82, 2.24) is 5.32 Å². The highest BCUT2D eigenvalue weighted by molar-refractivity contribution is 9.10. The predicted molar refractivity (Wildman–Crippen MR) is 81.6 cm³/mol. The second kappa shape index (κ2) is 8.01. The lowest BCUT2D eigenvalue weighted by molar-refractivity contribution is -0.143. The fourth-order valence-electron chi connectivity index (χ4n) is 1.68. The molecule has 1 rings (SSSR count). The van der Waals surface area contributed by atoms with Gasteiger partial charge in [0.25, 0.3) is 0 Å². The van der Waals surface area contributed by atoms with Crippen LogP contribution in [0.5, 0.6) is 0 Å². The van der Waals surface area contributed by atoms with Crippen LogP contribution in [0.1, 0.15) is 18.9 Å². The van der Waals surface area contributed by atoms with E-state index in [-0.39, 0.29) is 18.4 Å². The lowest BCUT2D eigenvalue weighted by Gasteiger charge is -2.14. The maximum absolute atomic E-state index is 11.9. The molecule has 0 fully saturated rings. The number of methoxy groups -OCH3 is 1. The smallest absolute Gasteiger partial charge is 0.322 e. The van der Waals surface area contributed by atoms with Gasteiger partial charge >= 0.3 is 5.97 Å². The van der Waals surface area contributed by atoms with Gasteiger partial charge in [0.2, 0.25) is 5.91 Å². The molecule has 0 aliphatic carbocycles. The first kappa shape index (κ1) is 16.7. The van der Waals surface area contributed by atoms with Crippen LogP contribution in [0.15, 0.2) is 22.7 Å². The molecule has 1 atom stereocenters. The van der Waals surface area contributed by atoms with Crippen LogP contribution in [0.4, 0.5) is 5.69 Å². The molecule has 0 aliphatic rings. The topological polar surface area (TPSA) is 67.4 Å². The average Bonchev–Trinajstić information content (AvgIpc) is 2.43. The summed E-state index contributed by atoms with van der Waals surface area (Å²) in [7, 11) is 1.33. The molecule has 5 nitrogen and oxygen atoms in total. The van der Waals surface area contributed by atoms with Gasteiger partial charge < -0.3 is 10.1 Å². The van der Waals surface area contributed by atoms with E-state index in [1.54, 1.807) is 0 Å². The first-order chi connectivity index (χ1) is 9.47. The number of esters is 1. The van der Waals surface area contributed by atoms with Crippen molar-refractivity contribution in [2.24, 2.45) is 0 Å². The van der Waals surface area contributed by atoms with Crippen molar-refractivity contribution >= 4 is 33.5 Å². The average molecular weight is 343 g/mol. The molecule has 0 unspecified atom stereocenters. The Morgan fingerprint density at radius 3 is 2.70 bits per heavy atom. The minimum atomic E-state index is -0.464. The molecule has 110 valence electrons. The van der Waals surface area contributed by atoms with Gasteiger partial charge in [-0.05, 0) is 31.0 Å². The third-order valence-corrected chi connectivity index (χ3v) is 3.37. The Labute approximate surface area is 127 Å². The van der Waals surface area contributed by atoms with Gasteiger partial charge in [-0.2, -0.15) is 0 Å². The number of amides is 1. The number of ether oxygens (including phenoxy) is 1. The summed E-state index contributed by atoms with van der Waals surface area (Å²) in [4.78, 5) is 23.3.